The zero-order chi connectivity index (χ0) is 13.1. The predicted octanol–water partition coefficient (Wildman–Crippen LogP) is 3.80. The number of ether oxygens (including phenoxy) is 1. The topological polar surface area (TPSA) is 9.23 Å². The van der Waals surface area contributed by atoms with Crippen molar-refractivity contribution < 1.29 is 4.74 Å². The van der Waals surface area contributed by atoms with Crippen LogP contribution in [0.5, 0.6) is 5.75 Å². The van der Waals surface area contributed by atoms with Crippen molar-refractivity contribution in [1.82, 2.24) is 0 Å². The summed E-state index contributed by atoms with van der Waals surface area (Å²) in [5, 5.41) is 0. The minimum Gasteiger partial charge on any atom is -0.497 e. The van der Waals surface area contributed by atoms with E-state index in [-0.39, 0.29) is 0 Å². The zero-order valence-corrected chi connectivity index (χ0v) is 11.0. The first-order valence-electron chi connectivity index (χ1n) is 6.16. The van der Waals surface area contributed by atoms with Gasteiger partial charge in [0.05, 0.1) is 7.11 Å². The molecule has 0 saturated carbocycles. The fourth-order valence-corrected chi connectivity index (χ4v) is 1.28. The van der Waals surface area contributed by atoms with Gasteiger partial charge in [0.2, 0.25) is 0 Å². The van der Waals surface area contributed by atoms with Crippen molar-refractivity contribution in [1.29, 1.82) is 0 Å². The highest BCUT2D eigenvalue weighted by Gasteiger charge is 1.88. The highest BCUT2D eigenvalue weighted by molar-refractivity contribution is 5.40. The van der Waals surface area contributed by atoms with Gasteiger partial charge in [0.15, 0.2) is 0 Å². The van der Waals surface area contributed by atoms with Crippen LogP contribution in [0, 0.1) is 23.7 Å². The van der Waals surface area contributed by atoms with Crippen molar-refractivity contribution >= 4 is 0 Å². The van der Waals surface area contributed by atoms with Crippen LogP contribution in [0.3, 0.4) is 0 Å². The highest BCUT2D eigenvalue weighted by Crippen LogP contribution is 2.09. The summed E-state index contributed by atoms with van der Waals surface area (Å²) < 4.78 is 5.08. The number of benzene rings is 1. The van der Waals surface area contributed by atoms with E-state index in [1.54, 1.807) is 19.3 Å². The molecule has 1 rings (SSSR count). The Labute approximate surface area is 110 Å². The van der Waals surface area contributed by atoms with Gasteiger partial charge in [0.1, 0.15) is 5.75 Å². The van der Waals surface area contributed by atoms with Crippen molar-refractivity contribution in [2.75, 3.05) is 7.11 Å². The molecule has 0 atom stereocenters. The van der Waals surface area contributed by atoms with Crippen molar-refractivity contribution in [3.63, 3.8) is 0 Å². The number of methoxy groups -OCH3 is 1. The van der Waals surface area contributed by atoms with Crippen molar-refractivity contribution in [2.24, 2.45) is 0 Å². The molecule has 1 nitrogen and oxygen atoms in total. The molecule has 0 radical (unpaired) electrons. The Bertz CT molecular complexity index is 486. The number of allylic oxidation sites excluding steroid dienone is 2. The molecule has 0 heterocycles. The maximum absolute atomic E-state index is 5.08. The first-order chi connectivity index (χ1) is 8.86. The van der Waals surface area contributed by atoms with Gasteiger partial charge in [0, 0.05) is 12.0 Å². The third kappa shape index (κ3) is 5.83. The van der Waals surface area contributed by atoms with Gasteiger partial charge in [-0.1, -0.05) is 37.0 Å². The summed E-state index contributed by atoms with van der Waals surface area (Å²) in [5.41, 5.74) is 0.972. The molecule has 1 aromatic carbocycles. The molecule has 0 amide bonds. The summed E-state index contributed by atoms with van der Waals surface area (Å²) in [7, 11) is 1.65. The standard InChI is InChI=1S/C17H18O/c1-3-4-5-6-7-8-9-10-11-16-12-14-17(18-2)15-13-16/h8-9,12-15H,3-5H2,1-2H3. The van der Waals surface area contributed by atoms with Crippen LogP contribution in [-0.2, 0) is 0 Å². The van der Waals surface area contributed by atoms with Gasteiger partial charge in [-0.05, 0) is 42.8 Å². The third-order valence-electron chi connectivity index (χ3n) is 2.31. The quantitative estimate of drug-likeness (QED) is 0.575. The molecule has 1 aromatic rings. The Morgan fingerprint density at radius 1 is 1.11 bits per heavy atom. The second-order valence-corrected chi connectivity index (χ2v) is 3.76. The number of hydrogen-bond acceptors (Lipinski definition) is 1. The van der Waals surface area contributed by atoms with Gasteiger partial charge in [-0.15, -0.1) is 0 Å². The predicted molar refractivity (Wildman–Crippen MR) is 76.3 cm³/mol. The molecule has 0 N–H and O–H groups in total. The summed E-state index contributed by atoms with van der Waals surface area (Å²) in [6.45, 7) is 2.16. The van der Waals surface area contributed by atoms with Crippen molar-refractivity contribution in [3.8, 4) is 29.4 Å². The average molecular weight is 238 g/mol. The summed E-state index contributed by atoms with van der Waals surface area (Å²) >= 11 is 0. The number of hydrogen-bond donors (Lipinski definition) is 0. The zero-order valence-electron chi connectivity index (χ0n) is 11.0. The Balaban J connectivity index is 2.44. The average Bonchev–Trinajstić information content (AvgIpc) is 2.42. The molecule has 0 bridgehead atoms. The fraction of sp³-hybridized carbons (Fsp3) is 0.294. The second-order valence-electron chi connectivity index (χ2n) is 3.76. The molecule has 18 heavy (non-hydrogen) atoms. The normalized spacial score (nSPS) is 9.22. The smallest absolute Gasteiger partial charge is 0.118 e. The largest absolute Gasteiger partial charge is 0.497 e. The Kier molecular flexibility index (Phi) is 6.95. The maximum Gasteiger partial charge on any atom is 0.118 e. The molecular weight excluding hydrogens is 220 g/mol. The first kappa shape index (κ1) is 13.9. The summed E-state index contributed by atoms with van der Waals surface area (Å²) in [4.78, 5) is 0. The molecule has 0 unspecified atom stereocenters. The minimum absolute atomic E-state index is 0.845. The lowest BCUT2D eigenvalue weighted by Gasteiger charge is -1.97. The first-order valence-corrected chi connectivity index (χ1v) is 6.16. The van der Waals surface area contributed by atoms with Crippen molar-refractivity contribution in [3.05, 3.63) is 42.0 Å². The van der Waals surface area contributed by atoms with Gasteiger partial charge >= 0.3 is 0 Å². The van der Waals surface area contributed by atoms with E-state index < -0.39 is 0 Å². The summed E-state index contributed by atoms with van der Waals surface area (Å²) in [6.07, 6.45) is 6.90. The molecule has 0 aliphatic heterocycles. The van der Waals surface area contributed by atoms with E-state index in [0.717, 1.165) is 17.7 Å². The van der Waals surface area contributed by atoms with E-state index in [1.165, 1.54) is 12.8 Å². The molecule has 0 saturated heterocycles. The number of unbranched alkanes of at least 4 members (excludes halogenated alkanes) is 2. The molecule has 0 aromatic heterocycles. The van der Waals surface area contributed by atoms with E-state index >= 15 is 0 Å². The van der Waals surface area contributed by atoms with Crippen LogP contribution in [0.1, 0.15) is 31.7 Å². The Morgan fingerprint density at radius 3 is 2.50 bits per heavy atom. The summed E-state index contributed by atoms with van der Waals surface area (Å²) in [6, 6.07) is 7.68. The Morgan fingerprint density at radius 2 is 1.83 bits per heavy atom. The van der Waals surface area contributed by atoms with Gasteiger partial charge in [-0.2, -0.15) is 0 Å². The van der Waals surface area contributed by atoms with Crippen LogP contribution in [0.25, 0.3) is 0 Å². The molecule has 0 aliphatic carbocycles. The van der Waals surface area contributed by atoms with Crippen LogP contribution in [0.2, 0.25) is 0 Å². The minimum atomic E-state index is 0.845. The molecular formula is C17H18O. The Hall–Kier alpha value is -2.12. The van der Waals surface area contributed by atoms with E-state index in [0.29, 0.717) is 0 Å². The molecule has 0 spiro atoms. The lowest BCUT2D eigenvalue weighted by atomic mass is 10.2. The molecule has 92 valence electrons. The van der Waals surface area contributed by atoms with E-state index in [2.05, 4.69) is 30.6 Å². The number of rotatable bonds is 3. The lowest BCUT2D eigenvalue weighted by molar-refractivity contribution is 0.415. The van der Waals surface area contributed by atoms with Gasteiger partial charge in [-0.3, -0.25) is 0 Å². The second kappa shape index (κ2) is 8.97. The maximum atomic E-state index is 5.08. The van der Waals surface area contributed by atoms with Crippen LogP contribution in [0.15, 0.2) is 36.4 Å². The fourth-order valence-electron chi connectivity index (χ4n) is 1.28. The monoisotopic (exact) mass is 238 g/mol. The van der Waals surface area contributed by atoms with E-state index in [9.17, 15) is 0 Å². The van der Waals surface area contributed by atoms with Gasteiger partial charge in [-0.25, -0.2) is 0 Å². The van der Waals surface area contributed by atoms with E-state index in [1.807, 2.05) is 24.3 Å². The van der Waals surface area contributed by atoms with Crippen LogP contribution in [0.4, 0.5) is 0 Å². The third-order valence-corrected chi connectivity index (χ3v) is 2.31. The molecule has 0 aliphatic rings. The van der Waals surface area contributed by atoms with Crippen LogP contribution < -0.4 is 4.74 Å². The molecule has 1 heteroatoms. The molecule has 0 fully saturated rings. The van der Waals surface area contributed by atoms with E-state index in [4.69, 9.17) is 4.74 Å². The lowest BCUT2D eigenvalue weighted by Crippen LogP contribution is -1.81. The van der Waals surface area contributed by atoms with Crippen LogP contribution >= 0.6 is 0 Å². The highest BCUT2D eigenvalue weighted by atomic mass is 16.5. The van der Waals surface area contributed by atoms with Gasteiger partial charge < -0.3 is 4.74 Å². The SMILES string of the molecule is CCCCC#CC=CC#Cc1ccc(OC)cc1. The van der Waals surface area contributed by atoms with Crippen molar-refractivity contribution in [2.45, 2.75) is 26.2 Å². The summed E-state index contributed by atoms with van der Waals surface area (Å²) in [5.74, 6) is 12.9. The van der Waals surface area contributed by atoms with Gasteiger partial charge in [0.25, 0.3) is 0 Å². The van der Waals surface area contributed by atoms with Crippen LogP contribution in [-0.4, -0.2) is 7.11 Å².